The molecule has 1 aliphatic heterocycles. The van der Waals surface area contributed by atoms with E-state index in [2.05, 4.69) is 26.2 Å². The molecule has 1 aromatic heterocycles. The summed E-state index contributed by atoms with van der Waals surface area (Å²) in [6.07, 6.45) is 4.78. The number of para-hydroxylation sites is 1. The summed E-state index contributed by atoms with van der Waals surface area (Å²) in [7, 11) is 0. The number of ketones is 1. The fourth-order valence-corrected chi connectivity index (χ4v) is 3.09. The number of halogens is 1. The minimum atomic E-state index is -0.00793. The van der Waals surface area contributed by atoms with Crippen LogP contribution < -0.4 is 5.32 Å². The first-order valence-electron chi connectivity index (χ1n) is 6.69. The Balaban J connectivity index is 1.82. The molecule has 1 aliphatic rings. The normalized spacial score (nSPS) is 17.1. The van der Waals surface area contributed by atoms with Crippen LogP contribution in [-0.2, 0) is 11.2 Å². The molecule has 0 fully saturated rings. The van der Waals surface area contributed by atoms with E-state index in [1.54, 1.807) is 12.4 Å². The number of nitrogens with zero attached hydrogens (tertiary/aromatic N) is 1. The van der Waals surface area contributed by atoms with Crippen LogP contribution in [0, 0.1) is 0 Å². The second kappa shape index (κ2) is 5.75. The molecule has 2 aromatic rings. The van der Waals surface area contributed by atoms with Gasteiger partial charge in [0, 0.05) is 41.4 Å². The molecular weight excluding hydrogens is 316 g/mol. The summed E-state index contributed by atoms with van der Waals surface area (Å²) in [5.74, 6) is 0.255. The highest BCUT2D eigenvalue weighted by molar-refractivity contribution is 9.10. The van der Waals surface area contributed by atoms with Gasteiger partial charge in [-0.1, -0.05) is 18.2 Å². The number of anilines is 1. The van der Waals surface area contributed by atoms with Crippen LogP contribution in [0.1, 0.15) is 23.5 Å². The van der Waals surface area contributed by atoms with Gasteiger partial charge in [-0.3, -0.25) is 9.78 Å². The minimum absolute atomic E-state index is 0.00793. The molecule has 20 heavy (non-hydrogen) atoms. The number of fused-ring (bicyclic) bond motifs is 1. The third-order valence-electron chi connectivity index (χ3n) is 3.61. The molecule has 0 spiro atoms. The Labute approximate surface area is 126 Å². The van der Waals surface area contributed by atoms with Crippen LogP contribution in [0.2, 0.25) is 0 Å². The van der Waals surface area contributed by atoms with E-state index in [4.69, 9.17) is 0 Å². The molecular formula is C16H15BrN2O. The number of benzene rings is 1. The Morgan fingerprint density at radius 1 is 1.35 bits per heavy atom. The second-order valence-corrected chi connectivity index (χ2v) is 5.93. The lowest BCUT2D eigenvalue weighted by Gasteiger charge is -2.25. The monoisotopic (exact) mass is 330 g/mol. The number of aromatic nitrogens is 1. The van der Waals surface area contributed by atoms with Crippen molar-refractivity contribution >= 4 is 27.4 Å². The highest BCUT2D eigenvalue weighted by atomic mass is 79.9. The van der Waals surface area contributed by atoms with Crippen LogP contribution in [0.25, 0.3) is 0 Å². The largest absolute Gasteiger partial charge is 0.385 e. The maximum Gasteiger partial charge on any atom is 0.144 e. The van der Waals surface area contributed by atoms with Crippen LogP contribution >= 0.6 is 15.9 Å². The van der Waals surface area contributed by atoms with Crippen LogP contribution in [0.15, 0.2) is 47.2 Å². The molecule has 1 unspecified atom stereocenters. The lowest BCUT2D eigenvalue weighted by molar-refractivity contribution is -0.120. The van der Waals surface area contributed by atoms with E-state index < -0.39 is 0 Å². The summed E-state index contributed by atoms with van der Waals surface area (Å²) in [6, 6.07) is 10.0. The van der Waals surface area contributed by atoms with Crippen molar-refractivity contribution < 1.29 is 4.79 Å². The molecule has 0 radical (unpaired) electrons. The van der Waals surface area contributed by atoms with Gasteiger partial charge in [0.15, 0.2) is 0 Å². The molecule has 3 nitrogen and oxygen atoms in total. The van der Waals surface area contributed by atoms with Gasteiger partial charge in [-0.05, 0) is 45.6 Å². The van der Waals surface area contributed by atoms with Crippen LogP contribution in [0.4, 0.5) is 5.69 Å². The van der Waals surface area contributed by atoms with Gasteiger partial charge >= 0.3 is 0 Å². The summed E-state index contributed by atoms with van der Waals surface area (Å²) in [6.45, 7) is 0.851. The topological polar surface area (TPSA) is 42.0 Å². The number of nitrogens with one attached hydrogen (secondary N) is 1. The number of Topliss-reactive ketones (excluding diaryl/α,β-unsaturated/α-hetero) is 1. The van der Waals surface area contributed by atoms with Crippen LogP contribution in [0.5, 0.6) is 0 Å². The van der Waals surface area contributed by atoms with Gasteiger partial charge in [-0.2, -0.15) is 0 Å². The number of rotatable bonds is 3. The quantitative estimate of drug-likeness (QED) is 0.935. The van der Waals surface area contributed by atoms with Crippen molar-refractivity contribution in [3.8, 4) is 0 Å². The van der Waals surface area contributed by atoms with E-state index in [0.717, 1.165) is 34.3 Å². The molecule has 1 atom stereocenters. The third kappa shape index (κ3) is 2.75. The van der Waals surface area contributed by atoms with E-state index in [-0.39, 0.29) is 11.7 Å². The van der Waals surface area contributed by atoms with Crippen molar-refractivity contribution in [3.05, 3.63) is 58.3 Å². The average Bonchev–Trinajstić information content (AvgIpc) is 2.46. The van der Waals surface area contributed by atoms with Gasteiger partial charge < -0.3 is 5.32 Å². The molecule has 1 N–H and O–H groups in total. The Morgan fingerprint density at radius 3 is 3.05 bits per heavy atom. The Kier molecular flexibility index (Phi) is 3.83. The standard InChI is InChI=1S/C16H15BrN2O/c17-12-7-11(9-18-10-12)8-16(20)14-5-6-19-15-4-2-1-3-13(14)15/h1-4,7,9-10,14,19H,5-6,8H2. The highest BCUT2D eigenvalue weighted by Gasteiger charge is 2.25. The van der Waals surface area contributed by atoms with Crippen molar-refractivity contribution in [2.24, 2.45) is 0 Å². The molecule has 1 aromatic carbocycles. The van der Waals surface area contributed by atoms with Gasteiger partial charge in [-0.25, -0.2) is 0 Å². The summed E-state index contributed by atoms with van der Waals surface area (Å²) in [5, 5.41) is 3.35. The SMILES string of the molecule is O=C(Cc1cncc(Br)c1)C1CCNc2ccccc21. The first-order valence-corrected chi connectivity index (χ1v) is 7.48. The first kappa shape index (κ1) is 13.3. The highest BCUT2D eigenvalue weighted by Crippen LogP contribution is 2.32. The predicted molar refractivity (Wildman–Crippen MR) is 82.9 cm³/mol. The first-order chi connectivity index (χ1) is 9.74. The van der Waals surface area contributed by atoms with Crippen LogP contribution in [0.3, 0.4) is 0 Å². The van der Waals surface area contributed by atoms with Gasteiger partial charge in [0.25, 0.3) is 0 Å². The van der Waals surface area contributed by atoms with E-state index >= 15 is 0 Å². The summed E-state index contributed by atoms with van der Waals surface area (Å²) >= 11 is 3.39. The zero-order chi connectivity index (χ0) is 13.9. The number of hydrogen-bond acceptors (Lipinski definition) is 3. The molecule has 3 rings (SSSR count). The Morgan fingerprint density at radius 2 is 2.20 bits per heavy atom. The molecule has 4 heteroatoms. The van der Waals surface area contributed by atoms with Gasteiger partial charge in [-0.15, -0.1) is 0 Å². The second-order valence-electron chi connectivity index (χ2n) is 5.01. The minimum Gasteiger partial charge on any atom is -0.385 e. The van der Waals surface area contributed by atoms with Gasteiger partial charge in [0.05, 0.1) is 0 Å². The summed E-state index contributed by atoms with van der Waals surface area (Å²) < 4.78 is 0.911. The van der Waals surface area contributed by atoms with Crippen molar-refractivity contribution in [1.82, 2.24) is 4.98 Å². The van der Waals surface area contributed by atoms with E-state index in [0.29, 0.717) is 6.42 Å². The number of hydrogen-bond donors (Lipinski definition) is 1. The third-order valence-corrected chi connectivity index (χ3v) is 4.05. The number of carbonyl (C=O) groups excluding carboxylic acids is 1. The van der Waals surface area contributed by atoms with Crippen molar-refractivity contribution in [2.45, 2.75) is 18.8 Å². The Hall–Kier alpha value is -1.68. The fourth-order valence-electron chi connectivity index (χ4n) is 2.68. The molecule has 0 saturated heterocycles. The van der Waals surface area contributed by atoms with Crippen molar-refractivity contribution in [3.63, 3.8) is 0 Å². The lowest BCUT2D eigenvalue weighted by atomic mass is 9.85. The van der Waals surface area contributed by atoms with E-state index in [9.17, 15) is 4.79 Å². The number of pyridine rings is 1. The zero-order valence-electron chi connectivity index (χ0n) is 11.0. The maximum atomic E-state index is 12.6. The summed E-state index contributed by atoms with van der Waals surface area (Å²) in [5.41, 5.74) is 3.16. The van der Waals surface area contributed by atoms with E-state index in [1.165, 1.54) is 0 Å². The van der Waals surface area contributed by atoms with Crippen molar-refractivity contribution in [2.75, 3.05) is 11.9 Å². The van der Waals surface area contributed by atoms with Gasteiger partial charge in [0.1, 0.15) is 5.78 Å². The smallest absolute Gasteiger partial charge is 0.144 e. The average molecular weight is 331 g/mol. The van der Waals surface area contributed by atoms with Crippen molar-refractivity contribution in [1.29, 1.82) is 0 Å². The van der Waals surface area contributed by atoms with Crippen LogP contribution in [-0.4, -0.2) is 17.3 Å². The predicted octanol–water partition coefficient (Wildman–Crippen LogP) is 3.56. The molecule has 0 amide bonds. The molecule has 102 valence electrons. The lowest BCUT2D eigenvalue weighted by Crippen LogP contribution is -2.24. The molecule has 0 bridgehead atoms. The maximum absolute atomic E-state index is 12.6. The fraction of sp³-hybridized carbons (Fsp3) is 0.250. The Bertz CT molecular complexity index is 642. The van der Waals surface area contributed by atoms with Gasteiger partial charge in [0.2, 0.25) is 0 Å². The number of carbonyl (C=O) groups is 1. The summed E-state index contributed by atoms with van der Waals surface area (Å²) in [4.78, 5) is 16.7. The molecule has 0 aliphatic carbocycles. The van der Waals surface area contributed by atoms with E-state index in [1.807, 2.05) is 30.3 Å². The molecule has 2 heterocycles. The zero-order valence-corrected chi connectivity index (χ0v) is 12.6. The molecule has 0 saturated carbocycles.